The van der Waals surface area contributed by atoms with Gasteiger partial charge >= 0.3 is 5.69 Å². The zero-order valence-electron chi connectivity index (χ0n) is 15.4. The van der Waals surface area contributed by atoms with E-state index in [2.05, 4.69) is 9.97 Å². The van der Waals surface area contributed by atoms with Crippen molar-refractivity contribution in [2.24, 2.45) is 0 Å². The molecule has 4 heterocycles. The van der Waals surface area contributed by atoms with E-state index in [0.717, 1.165) is 23.1 Å². The summed E-state index contributed by atoms with van der Waals surface area (Å²) in [6, 6.07) is 9.34. The summed E-state index contributed by atoms with van der Waals surface area (Å²) in [7, 11) is 0. The van der Waals surface area contributed by atoms with Gasteiger partial charge in [0.05, 0.1) is 25.1 Å². The van der Waals surface area contributed by atoms with Crippen LogP contribution in [0.4, 0.5) is 0 Å². The molecule has 0 bridgehead atoms. The molecule has 1 N–H and O–H groups in total. The standard InChI is InChI=1S/C21H17N3O4S/c25-20-18-15(14-5-9-29-12-14)4-6-22-19(18)24(21(26)23-20)11-13-2-3-16-17(10-13)28-8-1-7-27-16/h2-6,9-10,12H,1,7-8,11H2,(H,23,25,26). The number of benzene rings is 1. The topological polar surface area (TPSA) is 86.2 Å². The van der Waals surface area contributed by atoms with Crippen molar-refractivity contribution in [3.8, 4) is 22.6 Å². The van der Waals surface area contributed by atoms with Crippen LogP contribution < -0.4 is 20.7 Å². The third-order valence-corrected chi connectivity index (χ3v) is 5.55. The molecule has 0 spiro atoms. The average Bonchev–Trinajstić information content (AvgIpc) is 3.16. The predicted molar refractivity (Wildman–Crippen MR) is 111 cm³/mol. The first kappa shape index (κ1) is 17.7. The molecule has 7 nitrogen and oxygen atoms in total. The molecule has 0 atom stereocenters. The number of aromatic amines is 1. The Kier molecular flexibility index (Phi) is 4.40. The highest BCUT2D eigenvalue weighted by molar-refractivity contribution is 7.08. The number of hydrogen-bond donors (Lipinski definition) is 1. The summed E-state index contributed by atoms with van der Waals surface area (Å²) in [5.41, 5.74) is 1.96. The van der Waals surface area contributed by atoms with Crippen LogP contribution in [0, 0.1) is 0 Å². The van der Waals surface area contributed by atoms with Crippen molar-refractivity contribution in [3.63, 3.8) is 0 Å². The molecule has 0 amide bonds. The van der Waals surface area contributed by atoms with Crippen LogP contribution in [0.25, 0.3) is 22.2 Å². The molecule has 1 aliphatic heterocycles. The Morgan fingerprint density at radius 3 is 2.79 bits per heavy atom. The second-order valence-corrected chi connectivity index (χ2v) is 7.53. The number of aromatic nitrogens is 3. The molecule has 146 valence electrons. The van der Waals surface area contributed by atoms with Crippen molar-refractivity contribution >= 4 is 22.4 Å². The number of pyridine rings is 1. The van der Waals surface area contributed by atoms with E-state index in [9.17, 15) is 9.59 Å². The lowest BCUT2D eigenvalue weighted by Crippen LogP contribution is -2.31. The fourth-order valence-corrected chi connectivity index (χ4v) is 4.15. The number of ether oxygens (including phenoxy) is 2. The van der Waals surface area contributed by atoms with Crippen LogP contribution in [0.5, 0.6) is 11.5 Å². The molecule has 1 aromatic carbocycles. The Hall–Kier alpha value is -3.39. The van der Waals surface area contributed by atoms with Crippen molar-refractivity contribution in [2.45, 2.75) is 13.0 Å². The van der Waals surface area contributed by atoms with E-state index in [-0.39, 0.29) is 6.54 Å². The normalized spacial score (nSPS) is 13.4. The summed E-state index contributed by atoms with van der Waals surface area (Å²) in [6.07, 6.45) is 2.45. The minimum absolute atomic E-state index is 0.253. The molecular formula is C21H17N3O4S. The Bertz CT molecular complexity index is 1310. The molecule has 0 saturated heterocycles. The third-order valence-electron chi connectivity index (χ3n) is 4.86. The van der Waals surface area contributed by atoms with Crippen molar-refractivity contribution in [3.05, 3.63) is 73.7 Å². The van der Waals surface area contributed by atoms with Gasteiger partial charge < -0.3 is 9.47 Å². The SMILES string of the molecule is O=c1[nH]c(=O)n(Cc2ccc3c(c2)OCCCO3)c2nccc(-c3ccsc3)c12. The lowest BCUT2D eigenvalue weighted by molar-refractivity contribution is 0.297. The molecule has 0 radical (unpaired) electrons. The maximum Gasteiger partial charge on any atom is 0.330 e. The number of rotatable bonds is 3. The number of H-pyrrole nitrogens is 1. The van der Waals surface area contributed by atoms with Crippen LogP contribution in [-0.2, 0) is 6.54 Å². The summed E-state index contributed by atoms with van der Waals surface area (Å²) in [4.78, 5) is 32.0. The molecule has 1 aliphatic rings. The first-order chi connectivity index (χ1) is 14.2. The third kappa shape index (κ3) is 3.21. The number of hydrogen-bond acceptors (Lipinski definition) is 6. The van der Waals surface area contributed by atoms with Crippen LogP contribution in [-0.4, -0.2) is 27.7 Å². The first-order valence-electron chi connectivity index (χ1n) is 9.23. The molecule has 0 unspecified atom stereocenters. The van der Waals surface area contributed by atoms with Gasteiger partial charge in [-0.3, -0.25) is 14.3 Å². The first-order valence-corrected chi connectivity index (χ1v) is 10.2. The second kappa shape index (κ2) is 7.21. The monoisotopic (exact) mass is 407 g/mol. The lowest BCUT2D eigenvalue weighted by Gasteiger charge is -2.13. The predicted octanol–water partition coefficient (Wildman–Crippen LogP) is 3.02. The van der Waals surface area contributed by atoms with Crippen LogP contribution >= 0.6 is 11.3 Å². The van der Waals surface area contributed by atoms with Gasteiger partial charge in [-0.05, 0) is 46.2 Å². The molecular weight excluding hydrogens is 390 g/mol. The van der Waals surface area contributed by atoms with Crippen LogP contribution in [0.2, 0.25) is 0 Å². The number of nitrogens with one attached hydrogen (secondary N) is 1. The molecule has 3 aromatic heterocycles. The van der Waals surface area contributed by atoms with Crippen LogP contribution in [0.15, 0.2) is 56.9 Å². The zero-order valence-corrected chi connectivity index (χ0v) is 16.2. The van der Waals surface area contributed by atoms with E-state index < -0.39 is 11.2 Å². The molecule has 5 rings (SSSR count). The van der Waals surface area contributed by atoms with Crippen molar-refractivity contribution in [2.75, 3.05) is 13.2 Å². The summed E-state index contributed by atoms with van der Waals surface area (Å²) in [5.74, 6) is 1.36. The number of thiophene rings is 1. The molecule has 0 aliphatic carbocycles. The highest BCUT2D eigenvalue weighted by Crippen LogP contribution is 2.31. The number of nitrogens with zero attached hydrogens (tertiary/aromatic N) is 2. The van der Waals surface area contributed by atoms with Gasteiger partial charge in [0.2, 0.25) is 0 Å². The smallest absolute Gasteiger partial charge is 0.330 e. The Morgan fingerprint density at radius 2 is 1.97 bits per heavy atom. The zero-order chi connectivity index (χ0) is 19.8. The van der Waals surface area contributed by atoms with E-state index in [4.69, 9.17) is 9.47 Å². The summed E-state index contributed by atoms with van der Waals surface area (Å²) in [6.45, 7) is 1.46. The fourth-order valence-electron chi connectivity index (χ4n) is 3.50. The average molecular weight is 407 g/mol. The van der Waals surface area contributed by atoms with Gasteiger partial charge in [0.1, 0.15) is 5.65 Å². The van der Waals surface area contributed by atoms with Crippen LogP contribution in [0.3, 0.4) is 0 Å². The van der Waals surface area contributed by atoms with E-state index >= 15 is 0 Å². The summed E-state index contributed by atoms with van der Waals surface area (Å²) >= 11 is 1.55. The van der Waals surface area contributed by atoms with E-state index in [1.807, 2.05) is 35.0 Å². The quantitative estimate of drug-likeness (QED) is 0.564. The molecule has 0 saturated carbocycles. The number of fused-ring (bicyclic) bond motifs is 2. The van der Waals surface area contributed by atoms with Gasteiger partial charge in [-0.25, -0.2) is 9.78 Å². The minimum atomic E-state index is -0.496. The van der Waals surface area contributed by atoms with E-state index in [0.29, 0.717) is 35.7 Å². The lowest BCUT2D eigenvalue weighted by atomic mass is 10.1. The molecule has 0 fully saturated rings. The van der Waals surface area contributed by atoms with E-state index in [1.54, 1.807) is 23.6 Å². The largest absolute Gasteiger partial charge is 0.490 e. The Balaban J connectivity index is 1.64. The Morgan fingerprint density at radius 1 is 1.10 bits per heavy atom. The van der Waals surface area contributed by atoms with Crippen molar-refractivity contribution in [1.82, 2.24) is 14.5 Å². The highest BCUT2D eigenvalue weighted by atomic mass is 32.1. The maximum absolute atomic E-state index is 12.6. The molecule has 8 heteroatoms. The highest BCUT2D eigenvalue weighted by Gasteiger charge is 2.16. The van der Waals surface area contributed by atoms with Gasteiger partial charge in [-0.2, -0.15) is 11.3 Å². The maximum atomic E-state index is 12.6. The second-order valence-electron chi connectivity index (χ2n) is 6.75. The van der Waals surface area contributed by atoms with Gasteiger partial charge in [-0.15, -0.1) is 0 Å². The summed E-state index contributed by atoms with van der Waals surface area (Å²) in [5, 5.41) is 4.32. The molecule has 29 heavy (non-hydrogen) atoms. The van der Waals surface area contributed by atoms with Crippen molar-refractivity contribution < 1.29 is 9.47 Å². The molecule has 4 aromatic rings. The summed E-state index contributed by atoms with van der Waals surface area (Å²) < 4.78 is 12.9. The van der Waals surface area contributed by atoms with Gasteiger partial charge in [0.15, 0.2) is 11.5 Å². The minimum Gasteiger partial charge on any atom is -0.490 e. The van der Waals surface area contributed by atoms with Crippen LogP contribution in [0.1, 0.15) is 12.0 Å². The van der Waals surface area contributed by atoms with Gasteiger partial charge in [0, 0.05) is 18.2 Å². The van der Waals surface area contributed by atoms with Crippen molar-refractivity contribution in [1.29, 1.82) is 0 Å². The Labute approximate surface area is 169 Å². The van der Waals surface area contributed by atoms with E-state index in [1.165, 1.54) is 4.57 Å². The van der Waals surface area contributed by atoms with Gasteiger partial charge in [-0.1, -0.05) is 6.07 Å². The fraction of sp³-hybridized carbons (Fsp3) is 0.190. The van der Waals surface area contributed by atoms with Gasteiger partial charge in [0.25, 0.3) is 5.56 Å².